The Hall–Kier alpha value is -3.39. The summed E-state index contributed by atoms with van der Waals surface area (Å²) in [6, 6.07) is 12.1. The zero-order chi connectivity index (χ0) is 20.8. The molecule has 1 atom stereocenters. The Kier molecular flexibility index (Phi) is 4.43. The first-order valence-corrected chi connectivity index (χ1v) is 10.2. The molecule has 2 aromatic heterocycles. The zero-order valence-corrected chi connectivity index (χ0v) is 17.1. The Balaban J connectivity index is 1.57. The minimum Gasteiger partial charge on any atom is -0.369 e. The van der Waals surface area contributed by atoms with E-state index in [1.54, 1.807) is 0 Å². The van der Waals surface area contributed by atoms with Gasteiger partial charge in [0.1, 0.15) is 5.69 Å². The molecular weight excluding hydrogens is 378 g/mol. The number of anilines is 1. The molecule has 1 unspecified atom stereocenters. The molecule has 1 amide bonds. The highest BCUT2D eigenvalue weighted by Crippen LogP contribution is 2.33. The van der Waals surface area contributed by atoms with Crippen LogP contribution < -0.4 is 10.6 Å². The molecule has 4 N–H and O–H groups in total. The Bertz CT molecular complexity index is 1230. The van der Waals surface area contributed by atoms with Crippen molar-refractivity contribution in [3.63, 3.8) is 0 Å². The quantitative estimate of drug-likeness (QED) is 0.485. The van der Waals surface area contributed by atoms with Gasteiger partial charge in [-0.25, -0.2) is 4.98 Å². The molecule has 4 aromatic rings. The Morgan fingerprint density at radius 1 is 1.13 bits per heavy atom. The van der Waals surface area contributed by atoms with Crippen LogP contribution in [0.1, 0.15) is 18.4 Å². The maximum Gasteiger partial charge on any atom is 0.224 e. The highest BCUT2D eigenvalue weighted by atomic mass is 16.1. The topological polar surface area (TPSA) is 107 Å². The van der Waals surface area contributed by atoms with E-state index in [1.807, 2.05) is 31.2 Å². The number of likely N-dealkylation sites (N-methyl/N-ethyl adjacent to an activating group) is 1. The molecule has 5 rings (SSSR count). The van der Waals surface area contributed by atoms with Gasteiger partial charge in [0.05, 0.1) is 22.5 Å². The molecule has 1 aliphatic rings. The van der Waals surface area contributed by atoms with Crippen molar-refractivity contribution < 1.29 is 4.79 Å². The lowest BCUT2D eigenvalue weighted by atomic mass is 9.95. The molecule has 1 fully saturated rings. The Morgan fingerprint density at radius 2 is 1.93 bits per heavy atom. The van der Waals surface area contributed by atoms with E-state index in [0.29, 0.717) is 11.5 Å². The van der Waals surface area contributed by atoms with Crippen molar-refractivity contribution in [2.24, 2.45) is 5.73 Å². The van der Waals surface area contributed by atoms with Crippen molar-refractivity contribution >= 4 is 33.5 Å². The fourth-order valence-corrected chi connectivity index (χ4v) is 4.16. The first-order valence-electron chi connectivity index (χ1n) is 10.2. The van der Waals surface area contributed by atoms with Gasteiger partial charge in [0.2, 0.25) is 5.91 Å². The summed E-state index contributed by atoms with van der Waals surface area (Å²) in [7, 11) is 2.16. The molecule has 2 aromatic carbocycles. The fourth-order valence-electron chi connectivity index (χ4n) is 4.16. The number of nitrogens with zero attached hydrogens (tertiary/aromatic N) is 4. The molecule has 8 nitrogen and oxygen atoms in total. The van der Waals surface area contributed by atoms with Crippen LogP contribution in [0.15, 0.2) is 36.4 Å². The molecule has 0 spiro atoms. The van der Waals surface area contributed by atoms with Gasteiger partial charge in [-0.1, -0.05) is 12.1 Å². The van der Waals surface area contributed by atoms with E-state index >= 15 is 0 Å². The summed E-state index contributed by atoms with van der Waals surface area (Å²) in [4.78, 5) is 24.8. The number of amides is 1. The zero-order valence-electron chi connectivity index (χ0n) is 17.1. The number of nitrogens with two attached hydrogens (primary N) is 1. The van der Waals surface area contributed by atoms with E-state index < -0.39 is 5.92 Å². The lowest BCUT2D eigenvalue weighted by molar-refractivity contribution is -0.119. The van der Waals surface area contributed by atoms with Crippen LogP contribution in [0.25, 0.3) is 33.5 Å². The minimum absolute atomic E-state index is 0.365. The number of hydrogen-bond donors (Lipinski definition) is 3. The number of imidazole rings is 1. The van der Waals surface area contributed by atoms with Gasteiger partial charge in [-0.15, -0.1) is 0 Å². The molecule has 154 valence electrons. The number of carbonyl (C=O) groups is 1. The lowest BCUT2D eigenvalue weighted by Gasteiger charge is -2.34. The van der Waals surface area contributed by atoms with Crippen molar-refractivity contribution in [3.05, 3.63) is 42.0 Å². The van der Waals surface area contributed by atoms with Crippen LogP contribution in [0.4, 0.5) is 5.69 Å². The standard InChI is InChI=1S/C22H25N7O/c1-13(21(23)30)15-4-3-5-17-19(15)20(27-26-17)22-24-16-7-6-14(12-18(16)25-22)29-10-8-28(2)9-11-29/h3-7,12-13H,8-11H2,1-2H3,(H2,23,30)(H,24,25)(H,26,27). The maximum atomic E-state index is 11.8. The third-order valence-electron chi connectivity index (χ3n) is 6.07. The predicted octanol–water partition coefficient (Wildman–Crippen LogP) is 2.45. The molecule has 0 bridgehead atoms. The first-order chi connectivity index (χ1) is 14.5. The number of aromatic nitrogens is 4. The van der Waals surface area contributed by atoms with Crippen molar-refractivity contribution in [2.45, 2.75) is 12.8 Å². The minimum atomic E-state index is -0.418. The first kappa shape index (κ1) is 18.6. The number of nitrogens with one attached hydrogen (secondary N) is 2. The van der Waals surface area contributed by atoms with Crippen LogP contribution in [-0.4, -0.2) is 64.2 Å². The third kappa shape index (κ3) is 3.09. The van der Waals surface area contributed by atoms with Gasteiger partial charge in [-0.3, -0.25) is 9.89 Å². The van der Waals surface area contributed by atoms with Crippen molar-refractivity contribution in [1.29, 1.82) is 0 Å². The number of aromatic amines is 2. The van der Waals surface area contributed by atoms with Gasteiger partial charge in [0, 0.05) is 37.3 Å². The number of carbonyl (C=O) groups excluding carboxylic acids is 1. The van der Waals surface area contributed by atoms with Crippen LogP contribution in [-0.2, 0) is 4.79 Å². The van der Waals surface area contributed by atoms with Crippen molar-refractivity contribution in [3.8, 4) is 11.5 Å². The summed E-state index contributed by atoms with van der Waals surface area (Å²) in [6.45, 7) is 5.97. The average Bonchev–Trinajstić information content (AvgIpc) is 3.36. The fraction of sp³-hybridized carbons (Fsp3) is 0.318. The predicted molar refractivity (Wildman–Crippen MR) is 119 cm³/mol. The van der Waals surface area contributed by atoms with Crippen LogP contribution in [0.3, 0.4) is 0 Å². The molecule has 0 aliphatic carbocycles. The lowest BCUT2D eigenvalue weighted by Crippen LogP contribution is -2.44. The van der Waals surface area contributed by atoms with E-state index in [-0.39, 0.29) is 5.91 Å². The highest BCUT2D eigenvalue weighted by molar-refractivity contribution is 5.99. The molecule has 3 heterocycles. The van der Waals surface area contributed by atoms with E-state index in [2.05, 4.69) is 44.2 Å². The molecule has 0 radical (unpaired) electrons. The summed E-state index contributed by atoms with van der Waals surface area (Å²) in [5, 5.41) is 8.43. The van der Waals surface area contributed by atoms with Gasteiger partial charge < -0.3 is 20.5 Å². The molecule has 8 heteroatoms. The summed E-state index contributed by atoms with van der Waals surface area (Å²) >= 11 is 0. The average molecular weight is 403 g/mol. The summed E-state index contributed by atoms with van der Waals surface area (Å²) in [5.74, 6) is -0.106. The maximum absolute atomic E-state index is 11.8. The summed E-state index contributed by atoms with van der Waals surface area (Å²) < 4.78 is 0. The third-order valence-corrected chi connectivity index (χ3v) is 6.07. The van der Waals surface area contributed by atoms with Crippen molar-refractivity contribution in [1.82, 2.24) is 25.1 Å². The largest absolute Gasteiger partial charge is 0.369 e. The van der Waals surface area contributed by atoms with Crippen LogP contribution in [0, 0.1) is 0 Å². The number of benzene rings is 2. The van der Waals surface area contributed by atoms with Crippen LogP contribution in [0.5, 0.6) is 0 Å². The van der Waals surface area contributed by atoms with Crippen LogP contribution in [0.2, 0.25) is 0 Å². The summed E-state index contributed by atoms with van der Waals surface area (Å²) in [6.07, 6.45) is 0. The van der Waals surface area contributed by atoms with Gasteiger partial charge in [0.25, 0.3) is 0 Å². The van der Waals surface area contributed by atoms with E-state index in [1.165, 1.54) is 5.69 Å². The number of rotatable bonds is 4. The normalized spacial score (nSPS) is 16.4. The van der Waals surface area contributed by atoms with Crippen molar-refractivity contribution in [2.75, 3.05) is 38.1 Å². The van der Waals surface area contributed by atoms with E-state index in [0.717, 1.165) is 53.7 Å². The van der Waals surface area contributed by atoms with Crippen LogP contribution >= 0.6 is 0 Å². The number of fused-ring (bicyclic) bond motifs is 2. The summed E-state index contributed by atoms with van der Waals surface area (Å²) in [5.41, 5.74) is 11.0. The van der Waals surface area contributed by atoms with E-state index in [9.17, 15) is 4.79 Å². The Labute approximate surface area is 174 Å². The smallest absolute Gasteiger partial charge is 0.224 e. The Morgan fingerprint density at radius 3 is 2.70 bits per heavy atom. The molecule has 0 saturated carbocycles. The number of H-pyrrole nitrogens is 2. The number of primary amides is 1. The molecule has 1 aliphatic heterocycles. The van der Waals surface area contributed by atoms with Gasteiger partial charge >= 0.3 is 0 Å². The van der Waals surface area contributed by atoms with Gasteiger partial charge in [0.15, 0.2) is 5.82 Å². The highest BCUT2D eigenvalue weighted by Gasteiger charge is 2.21. The molecule has 1 saturated heterocycles. The van der Waals surface area contributed by atoms with E-state index in [4.69, 9.17) is 10.7 Å². The second kappa shape index (κ2) is 7.14. The second-order valence-electron chi connectivity index (χ2n) is 8.04. The van der Waals surface area contributed by atoms with Gasteiger partial charge in [-0.05, 0) is 43.8 Å². The van der Waals surface area contributed by atoms with Gasteiger partial charge in [-0.2, -0.15) is 5.10 Å². The number of hydrogen-bond acceptors (Lipinski definition) is 5. The monoisotopic (exact) mass is 403 g/mol. The molecular formula is C22H25N7O. The number of piperazine rings is 1. The molecule has 30 heavy (non-hydrogen) atoms. The SMILES string of the molecule is CC(C(N)=O)c1cccc2[nH]nc(-c3nc4ccc(N5CCN(C)CC5)cc4[nH]3)c12. The second-order valence-corrected chi connectivity index (χ2v) is 8.04.